The van der Waals surface area contributed by atoms with Gasteiger partial charge in [0.1, 0.15) is 0 Å². The van der Waals surface area contributed by atoms with E-state index in [0.29, 0.717) is 5.39 Å². The molecule has 3 aromatic rings. The molecular formula is C19H20N2O. The second-order valence-corrected chi connectivity index (χ2v) is 6.75. The number of pyridine rings is 2. The molecule has 3 rings (SSSR count). The number of aromatic amines is 1. The lowest BCUT2D eigenvalue weighted by molar-refractivity contribution is 0.590. The third-order valence-electron chi connectivity index (χ3n) is 4.01. The van der Waals surface area contributed by atoms with Gasteiger partial charge >= 0.3 is 0 Å². The minimum Gasteiger partial charge on any atom is -0.353 e. The SMILES string of the molecule is Cc1cc(C(C)(C)C)ccc1-c1cc(=O)c2ccncc2[nH]1. The third kappa shape index (κ3) is 2.54. The van der Waals surface area contributed by atoms with Crippen LogP contribution in [0.25, 0.3) is 22.2 Å². The van der Waals surface area contributed by atoms with Crippen LogP contribution in [-0.4, -0.2) is 9.97 Å². The average Bonchev–Trinajstić information content (AvgIpc) is 2.46. The van der Waals surface area contributed by atoms with Crippen LogP contribution in [-0.2, 0) is 5.41 Å². The van der Waals surface area contributed by atoms with Crippen molar-refractivity contribution in [3.8, 4) is 11.3 Å². The number of fused-ring (bicyclic) bond motifs is 1. The van der Waals surface area contributed by atoms with E-state index in [2.05, 4.69) is 55.9 Å². The van der Waals surface area contributed by atoms with Crippen molar-refractivity contribution in [3.05, 3.63) is 64.1 Å². The molecule has 0 fully saturated rings. The molecule has 0 aliphatic carbocycles. The van der Waals surface area contributed by atoms with Gasteiger partial charge in [-0.25, -0.2) is 0 Å². The monoisotopic (exact) mass is 292 g/mol. The smallest absolute Gasteiger partial charge is 0.190 e. The van der Waals surface area contributed by atoms with Crippen molar-refractivity contribution >= 4 is 10.9 Å². The van der Waals surface area contributed by atoms with Crippen molar-refractivity contribution in [3.63, 3.8) is 0 Å². The van der Waals surface area contributed by atoms with Crippen molar-refractivity contribution in [2.45, 2.75) is 33.1 Å². The number of hydrogen-bond acceptors (Lipinski definition) is 2. The predicted octanol–water partition coefficient (Wildman–Crippen LogP) is 4.20. The van der Waals surface area contributed by atoms with Crippen molar-refractivity contribution in [2.75, 3.05) is 0 Å². The fourth-order valence-corrected chi connectivity index (χ4v) is 2.68. The standard InChI is InChI=1S/C19H20N2O/c1-12-9-13(19(2,3)4)5-6-14(12)16-10-18(22)15-7-8-20-11-17(15)21-16/h5-11H,1-4H3,(H,21,22). The molecule has 0 unspecified atom stereocenters. The van der Waals surface area contributed by atoms with Gasteiger partial charge in [-0.05, 0) is 29.5 Å². The van der Waals surface area contributed by atoms with Gasteiger partial charge in [-0.2, -0.15) is 0 Å². The molecule has 3 nitrogen and oxygen atoms in total. The number of H-pyrrole nitrogens is 1. The highest BCUT2D eigenvalue weighted by atomic mass is 16.1. The van der Waals surface area contributed by atoms with Gasteiger partial charge < -0.3 is 4.98 Å². The molecule has 112 valence electrons. The number of nitrogens with one attached hydrogen (secondary N) is 1. The summed E-state index contributed by atoms with van der Waals surface area (Å²) >= 11 is 0. The van der Waals surface area contributed by atoms with E-state index in [0.717, 1.165) is 22.3 Å². The van der Waals surface area contributed by atoms with Crippen LogP contribution in [0.2, 0.25) is 0 Å². The maximum atomic E-state index is 12.3. The molecule has 0 saturated carbocycles. The van der Waals surface area contributed by atoms with E-state index < -0.39 is 0 Å². The molecule has 0 radical (unpaired) electrons. The van der Waals surface area contributed by atoms with Crippen molar-refractivity contribution in [1.29, 1.82) is 0 Å². The molecule has 0 saturated heterocycles. The molecule has 0 aliphatic rings. The van der Waals surface area contributed by atoms with Crippen LogP contribution in [0, 0.1) is 6.92 Å². The molecule has 0 spiro atoms. The molecule has 0 amide bonds. The molecule has 1 aromatic carbocycles. The second-order valence-electron chi connectivity index (χ2n) is 6.75. The van der Waals surface area contributed by atoms with Crippen molar-refractivity contribution in [2.24, 2.45) is 0 Å². The van der Waals surface area contributed by atoms with Crippen LogP contribution in [0.4, 0.5) is 0 Å². The van der Waals surface area contributed by atoms with E-state index >= 15 is 0 Å². The quantitative estimate of drug-likeness (QED) is 0.730. The number of nitrogens with zero attached hydrogens (tertiary/aromatic N) is 1. The Labute approximate surface area is 130 Å². The summed E-state index contributed by atoms with van der Waals surface area (Å²) < 4.78 is 0. The largest absolute Gasteiger partial charge is 0.353 e. The first-order chi connectivity index (χ1) is 10.4. The van der Waals surface area contributed by atoms with Crippen LogP contribution < -0.4 is 5.43 Å². The van der Waals surface area contributed by atoms with E-state index in [1.807, 2.05) is 0 Å². The highest BCUT2D eigenvalue weighted by Gasteiger charge is 2.15. The Morgan fingerprint density at radius 1 is 1.09 bits per heavy atom. The van der Waals surface area contributed by atoms with Gasteiger partial charge in [-0.1, -0.05) is 39.0 Å². The zero-order chi connectivity index (χ0) is 15.9. The van der Waals surface area contributed by atoms with E-state index in [-0.39, 0.29) is 10.8 Å². The topological polar surface area (TPSA) is 45.8 Å². The first-order valence-corrected chi connectivity index (χ1v) is 7.45. The molecule has 2 heterocycles. The van der Waals surface area contributed by atoms with Crippen LogP contribution in [0.1, 0.15) is 31.9 Å². The van der Waals surface area contributed by atoms with Gasteiger partial charge in [0.2, 0.25) is 0 Å². The average molecular weight is 292 g/mol. The minimum atomic E-state index is 0.0189. The Kier molecular flexibility index (Phi) is 3.36. The molecular weight excluding hydrogens is 272 g/mol. The number of aromatic nitrogens is 2. The van der Waals surface area contributed by atoms with E-state index in [1.54, 1.807) is 24.5 Å². The fraction of sp³-hybridized carbons (Fsp3) is 0.263. The van der Waals surface area contributed by atoms with Gasteiger partial charge in [0.25, 0.3) is 0 Å². The highest BCUT2D eigenvalue weighted by Crippen LogP contribution is 2.28. The van der Waals surface area contributed by atoms with Gasteiger partial charge in [0, 0.05) is 28.9 Å². The van der Waals surface area contributed by atoms with Crippen LogP contribution in [0.15, 0.2) is 47.5 Å². The zero-order valence-electron chi connectivity index (χ0n) is 13.4. The first-order valence-electron chi connectivity index (χ1n) is 7.45. The predicted molar refractivity (Wildman–Crippen MR) is 91.2 cm³/mol. The summed E-state index contributed by atoms with van der Waals surface area (Å²) in [5, 5.41) is 0.669. The van der Waals surface area contributed by atoms with E-state index in [9.17, 15) is 4.79 Å². The summed E-state index contributed by atoms with van der Waals surface area (Å²) in [6, 6.07) is 9.83. The maximum Gasteiger partial charge on any atom is 0.190 e. The van der Waals surface area contributed by atoms with Crippen LogP contribution >= 0.6 is 0 Å². The maximum absolute atomic E-state index is 12.3. The van der Waals surface area contributed by atoms with Gasteiger partial charge in [0.15, 0.2) is 5.43 Å². The Bertz CT molecular complexity index is 901. The summed E-state index contributed by atoms with van der Waals surface area (Å²) in [6.07, 6.45) is 3.33. The normalized spacial score (nSPS) is 11.8. The lowest BCUT2D eigenvalue weighted by atomic mass is 9.85. The second kappa shape index (κ2) is 5.09. The Morgan fingerprint density at radius 3 is 2.55 bits per heavy atom. The Hall–Kier alpha value is -2.42. The number of benzene rings is 1. The molecule has 0 atom stereocenters. The molecule has 22 heavy (non-hydrogen) atoms. The van der Waals surface area contributed by atoms with E-state index in [4.69, 9.17) is 0 Å². The number of hydrogen-bond donors (Lipinski definition) is 1. The highest BCUT2D eigenvalue weighted by molar-refractivity contribution is 5.81. The molecule has 0 aliphatic heterocycles. The summed E-state index contributed by atoms with van der Waals surface area (Å²) in [4.78, 5) is 19.7. The third-order valence-corrected chi connectivity index (χ3v) is 4.01. The van der Waals surface area contributed by atoms with Gasteiger partial charge in [-0.15, -0.1) is 0 Å². The molecule has 1 N–H and O–H groups in total. The fourth-order valence-electron chi connectivity index (χ4n) is 2.68. The van der Waals surface area contributed by atoms with Crippen molar-refractivity contribution in [1.82, 2.24) is 9.97 Å². The lowest BCUT2D eigenvalue weighted by Gasteiger charge is -2.20. The minimum absolute atomic E-state index is 0.0189. The van der Waals surface area contributed by atoms with Crippen molar-refractivity contribution < 1.29 is 0 Å². The molecule has 3 heteroatoms. The lowest BCUT2D eigenvalue weighted by Crippen LogP contribution is -2.11. The summed E-state index contributed by atoms with van der Waals surface area (Å²) in [6.45, 7) is 8.68. The summed E-state index contributed by atoms with van der Waals surface area (Å²) in [5.41, 5.74) is 5.24. The van der Waals surface area contributed by atoms with Crippen LogP contribution in [0.5, 0.6) is 0 Å². The number of rotatable bonds is 1. The Morgan fingerprint density at radius 2 is 1.86 bits per heavy atom. The Balaban J connectivity index is 2.18. The first kappa shape index (κ1) is 14.5. The van der Waals surface area contributed by atoms with E-state index in [1.165, 1.54) is 5.56 Å². The van der Waals surface area contributed by atoms with Gasteiger partial charge in [-0.3, -0.25) is 9.78 Å². The molecule has 0 bridgehead atoms. The summed E-state index contributed by atoms with van der Waals surface area (Å²) in [7, 11) is 0. The zero-order valence-corrected chi connectivity index (χ0v) is 13.4. The number of aryl methyl sites for hydroxylation is 1. The van der Waals surface area contributed by atoms with Crippen LogP contribution in [0.3, 0.4) is 0 Å². The molecule has 2 aromatic heterocycles. The van der Waals surface area contributed by atoms with Gasteiger partial charge in [0.05, 0.1) is 11.7 Å². The summed E-state index contributed by atoms with van der Waals surface area (Å²) in [5.74, 6) is 0.